The summed E-state index contributed by atoms with van der Waals surface area (Å²) in [6.07, 6.45) is 1.02. The molecular formula is C17H18ClN5O5S2. The van der Waals surface area contributed by atoms with E-state index in [2.05, 4.69) is 22.1 Å². The van der Waals surface area contributed by atoms with Gasteiger partial charge in [-0.1, -0.05) is 35.1 Å². The van der Waals surface area contributed by atoms with Crippen LogP contribution >= 0.6 is 22.9 Å². The largest absolute Gasteiger partial charge is 0.425 e. The summed E-state index contributed by atoms with van der Waals surface area (Å²) in [4.78, 5) is 27.9. The van der Waals surface area contributed by atoms with Crippen molar-refractivity contribution in [2.75, 3.05) is 29.6 Å². The van der Waals surface area contributed by atoms with Gasteiger partial charge in [0, 0.05) is 36.5 Å². The van der Waals surface area contributed by atoms with Crippen molar-refractivity contribution in [1.82, 2.24) is 15.1 Å². The Morgan fingerprint density at radius 1 is 1.47 bits per heavy atom. The quantitative estimate of drug-likeness (QED) is 0.507. The molecule has 1 saturated heterocycles. The zero-order valence-corrected chi connectivity index (χ0v) is 18.2. The molecule has 13 heteroatoms. The number of amides is 3. The zero-order chi connectivity index (χ0) is 21.9. The molecule has 0 spiro atoms. The fourth-order valence-corrected chi connectivity index (χ4v) is 4.52. The molecule has 0 saturated carbocycles. The van der Waals surface area contributed by atoms with Crippen molar-refractivity contribution in [2.24, 2.45) is 0 Å². The van der Waals surface area contributed by atoms with Crippen molar-refractivity contribution >= 4 is 55.7 Å². The third-order valence-electron chi connectivity index (χ3n) is 3.99. The fraction of sp³-hybridized carbons (Fsp3) is 0.294. The van der Waals surface area contributed by atoms with E-state index in [1.807, 2.05) is 0 Å². The van der Waals surface area contributed by atoms with Gasteiger partial charge in [-0.3, -0.25) is 5.32 Å². The molecule has 1 atom stereocenters. The Morgan fingerprint density at radius 3 is 2.87 bits per heavy atom. The van der Waals surface area contributed by atoms with Crippen LogP contribution in [0, 0.1) is 0 Å². The van der Waals surface area contributed by atoms with Crippen LogP contribution in [0.3, 0.4) is 0 Å². The number of urea groups is 1. The Morgan fingerprint density at radius 2 is 2.23 bits per heavy atom. The first-order chi connectivity index (χ1) is 14.2. The summed E-state index contributed by atoms with van der Waals surface area (Å²) in [5.74, 6) is 0. The number of aromatic nitrogens is 2. The second-order valence-corrected chi connectivity index (χ2v) is 9.88. The lowest BCUT2D eigenvalue weighted by Crippen LogP contribution is -2.56. The van der Waals surface area contributed by atoms with Gasteiger partial charge in [-0.2, -0.15) is 0 Å². The molecule has 1 fully saturated rings. The van der Waals surface area contributed by atoms with Crippen LogP contribution in [-0.4, -0.2) is 61.2 Å². The minimum Gasteiger partial charge on any atom is -0.425 e. The molecule has 2 aromatic rings. The number of sulfone groups is 1. The standard InChI is InChI=1S/C17H18ClN5O5S2/c1-3-8-22-9-7-13(28-15(24)19-12-6-4-5-11(18)10-12)23(17(22)25)14-20-21-16(29-14)30(2,26)27/h3-6,10,13H,1,7-9H2,2H3,(H,19,24). The summed E-state index contributed by atoms with van der Waals surface area (Å²) in [5, 5.41) is 10.4. The molecule has 3 rings (SSSR count). The summed E-state index contributed by atoms with van der Waals surface area (Å²) in [6, 6.07) is 5.99. The molecular weight excluding hydrogens is 454 g/mol. The maximum Gasteiger partial charge on any atom is 0.413 e. The second kappa shape index (κ2) is 8.98. The number of anilines is 2. The monoisotopic (exact) mass is 471 g/mol. The zero-order valence-electron chi connectivity index (χ0n) is 15.8. The van der Waals surface area contributed by atoms with E-state index in [0.717, 1.165) is 22.5 Å². The van der Waals surface area contributed by atoms with Gasteiger partial charge >= 0.3 is 12.1 Å². The van der Waals surface area contributed by atoms with E-state index in [4.69, 9.17) is 16.3 Å². The Balaban J connectivity index is 1.83. The molecule has 1 aromatic heterocycles. The molecule has 30 heavy (non-hydrogen) atoms. The third kappa shape index (κ3) is 5.07. The van der Waals surface area contributed by atoms with E-state index in [1.54, 1.807) is 30.3 Å². The van der Waals surface area contributed by atoms with E-state index in [0.29, 0.717) is 17.3 Å². The van der Waals surface area contributed by atoms with Gasteiger partial charge in [-0.25, -0.2) is 22.9 Å². The summed E-state index contributed by atoms with van der Waals surface area (Å²) < 4.78 is 28.7. The molecule has 1 N–H and O–H groups in total. The fourth-order valence-electron chi connectivity index (χ4n) is 2.70. The van der Waals surface area contributed by atoms with Crippen LogP contribution in [0.15, 0.2) is 41.3 Å². The first-order valence-corrected chi connectivity index (χ1v) is 11.7. The number of hydrogen-bond acceptors (Lipinski definition) is 8. The van der Waals surface area contributed by atoms with Crippen LogP contribution in [0.2, 0.25) is 5.02 Å². The minimum absolute atomic E-state index is 0.00902. The van der Waals surface area contributed by atoms with Gasteiger partial charge in [-0.15, -0.1) is 16.8 Å². The predicted octanol–water partition coefficient (Wildman–Crippen LogP) is 2.99. The van der Waals surface area contributed by atoms with Gasteiger partial charge in [0.2, 0.25) is 19.3 Å². The smallest absolute Gasteiger partial charge is 0.413 e. The number of halogens is 1. The molecule has 160 valence electrons. The van der Waals surface area contributed by atoms with Crippen molar-refractivity contribution in [1.29, 1.82) is 0 Å². The molecule has 1 aromatic carbocycles. The molecule has 1 unspecified atom stereocenters. The molecule has 0 bridgehead atoms. The highest BCUT2D eigenvalue weighted by Crippen LogP contribution is 2.30. The molecule has 1 aliphatic heterocycles. The van der Waals surface area contributed by atoms with Crippen LogP contribution in [0.25, 0.3) is 0 Å². The van der Waals surface area contributed by atoms with E-state index in [9.17, 15) is 18.0 Å². The molecule has 10 nitrogen and oxygen atoms in total. The highest BCUT2D eigenvalue weighted by molar-refractivity contribution is 7.92. The maximum atomic E-state index is 12.9. The Labute approximate surface area is 182 Å². The summed E-state index contributed by atoms with van der Waals surface area (Å²) in [6.45, 7) is 4.21. The van der Waals surface area contributed by atoms with E-state index in [1.165, 1.54) is 4.90 Å². The Kier molecular flexibility index (Phi) is 6.58. The number of benzene rings is 1. The predicted molar refractivity (Wildman–Crippen MR) is 113 cm³/mol. The molecule has 1 aliphatic rings. The Bertz CT molecular complexity index is 1070. The van der Waals surface area contributed by atoms with Crippen molar-refractivity contribution in [2.45, 2.75) is 17.0 Å². The van der Waals surface area contributed by atoms with Gasteiger partial charge in [0.15, 0.2) is 6.23 Å². The number of nitrogens with one attached hydrogen (secondary N) is 1. The van der Waals surface area contributed by atoms with Crippen LogP contribution in [-0.2, 0) is 14.6 Å². The van der Waals surface area contributed by atoms with E-state index >= 15 is 0 Å². The van der Waals surface area contributed by atoms with Crippen molar-refractivity contribution in [3.8, 4) is 0 Å². The highest BCUT2D eigenvalue weighted by atomic mass is 35.5. The van der Waals surface area contributed by atoms with Crippen LogP contribution in [0.5, 0.6) is 0 Å². The lowest BCUT2D eigenvalue weighted by molar-refractivity contribution is 0.0820. The van der Waals surface area contributed by atoms with Gasteiger partial charge < -0.3 is 9.64 Å². The van der Waals surface area contributed by atoms with Crippen LogP contribution < -0.4 is 10.2 Å². The number of hydrogen-bond donors (Lipinski definition) is 1. The summed E-state index contributed by atoms with van der Waals surface area (Å²) in [7, 11) is -3.60. The lowest BCUT2D eigenvalue weighted by atomic mass is 10.2. The first kappa shape index (κ1) is 22.0. The van der Waals surface area contributed by atoms with Gasteiger partial charge in [-0.05, 0) is 18.2 Å². The van der Waals surface area contributed by atoms with Crippen molar-refractivity contribution in [3.63, 3.8) is 0 Å². The van der Waals surface area contributed by atoms with E-state index in [-0.39, 0.29) is 22.4 Å². The summed E-state index contributed by atoms with van der Waals surface area (Å²) in [5.41, 5.74) is 0.421. The molecule has 3 amide bonds. The number of rotatable bonds is 6. The molecule has 0 radical (unpaired) electrons. The minimum atomic E-state index is -3.60. The normalized spacial score (nSPS) is 17.0. The van der Waals surface area contributed by atoms with Crippen LogP contribution in [0.1, 0.15) is 6.42 Å². The van der Waals surface area contributed by atoms with E-state index < -0.39 is 28.2 Å². The Hall–Kier alpha value is -2.70. The van der Waals surface area contributed by atoms with Gasteiger partial charge in [0.25, 0.3) is 0 Å². The van der Waals surface area contributed by atoms with Crippen molar-refractivity contribution in [3.05, 3.63) is 41.9 Å². The van der Waals surface area contributed by atoms with Crippen LogP contribution in [0.4, 0.5) is 20.4 Å². The highest BCUT2D eigenvalue weighted by Gasteiger charge is 2.39. The molecule has 0 aliphatic carbocycles. The molecule has 2 heterocycles. The average Bonchev–Trinajstić information content (AvgIpc) is 3.14. The first-order valence-electron chi connectivity index (χ1n) is 8.65. The third-order valence-corrected chi connectivity index (χ3v) is 6.82. The lowest BCUT2D eigenvalue weighted by Gasteiger charge is -2.38. The maximum absolute atomic E-state index is 12.9. The summed E-state index contributed by atoms with van der Waals surface area (Å²) >= 11 is 6.63. The van der Waals surface area contributed by atoms with Gasteiger partial charge in [0.05, 0.1) is 0 Å². The average molecular weight is 472 g/mol. The number of ether oxygens (including phenoxy) is 1. The second-order valence-electron chi connectivity index (χ2n) is 6.29. The number of carbonyl (C=O) groups is 2. The van der Waals surface area contributed by atoms with Gasteiger partial charge in [0.1, 0.15) is 0 Å². The topological polar surface area (TPSA) is 122 Å². The SMILES string of the molecule is C=CCN1CCC(OC(=O)Nc2cccc(Cl)c2)N(c2nnc(S(C)(=O)=O)s2)C1=O. The number of carbonyl (C=O) groups excluding carboxylic acids is 2. The van der Waals surface area contributed by atoms with Crippen molar-refractivity contribution < 1.29 is 22.7 Å². The number of nitrogens with zero attached hydrogens (tertiary/aromatic N) is 4.